The molecule has 2 aliphatic heterocycles. The van der Waals surface area contributed by atoms with Gasteiger partial charge in [0.2, 0.25) is 0 Å². The Kier molecular flexibility index (Phi) is 7.60. The molecule has 0 aromatic carbocycles. The van der Waals surface area contributed by atoms with Crippen molar-refractivity contribution in [2.45, 2.75) is 92.4 Å². The first-order chi connectivity index (χ1) is 19.9. The molecule has 0 saturated carbocycles. The number of nitrogens with zero attached hydrogens (tertiary/aromatic N) is 2. The molecule has 0 fully saturated rings. The van der Waals surface area contributed by atoms with Gasteiger partial charge in [0.1, 0.15) is 0 Å². The molecule has 8 nitrogen and oxygen atoms in total. The zero-order valence-corrected chi connectivity index (χ0v) is 25.7. The van der Waals surface area contributed by atoms with Crippen LogP contribution in [-0.2, 0) is 22.4 Å². The van der Waals surface area contributed by atoms with E-state index in [1.54, 1.807) is 6.92 Å². The molecular formula is C34H40N4O4. The van der Waals surface area contributed by atoms with Crippen LogP contribution < -0.4 is 0 Å². The molecule has 0 unspecified atom stereocenters. The molecule has 0 saturated heterocycles. The van der Waals surface area contributed by atoms with Crippen LogP contribution in [0.15, 0.2) is 18.2 Å². The molecule has 3 aromatic heterocycles. The van der Waals surface area contributed by atoms with E-state index in [0.29, 0.717) is 22.5 Å². The Balaban J connectivity index is 2.07. The highest BCUT2D eigenvalue weighted by atomic mass is 16.4. The van der Waals surface area contributed by atoms with Crippen LogP contribution in [0.3, 0.4) is 0 Å². The van der Waals surface area contributed by atoms with Gasteiger partial charge in [-0.25, -0.2) is 9.78 Å². The SMILES string of the molecule is CCc1c(C)c2cc3[nH]c(cc4nc(c(CC(=O)O)c5nc(cc1[nH]2)C(C)=C5C(=O)O)[C@@H](CC)[C@@H]4C)c(C)c3C(C)C. The average Bonchev–Trinajstić information content (AvgIpc) is 3.60. The Morgan fingerprint density at radius 3 is 2.17 bits per heavy atom. The van der Waals surface area contributed by atoms with Gasteiger partial charge in [-0.3, -0.25) is 9.78 Å². The van der Waals surface area contributed by atoms with Crippen molar-refractivity contribution in [2.24, 2.45) is 0 Å². The summed E-state index contributed by atoms with van der Waals surface area (Å²) in [7, 11) is 0. The van der Waals surface area contributed by atoms with E-state index in [2.05, 4.69) is 70.6 Å². The van der Waals surface area contributed by atoms with Crippen molar-refractivity contribution >= 4 is 45.2 Å². The highest BCUT2D eigenvalue weighted by Crippen LogP contribution is 2.43. The van der Waals surface area contributed by atoms with Crippen molar-refractivity contribution in [3.8, 4) is 0 Å². The number of nitrogens with one attached hydrogen (secondary N) is 2. The van der Waals surface area contributed by atoms with Crippen molar-refractivity contribution < 1.29 is 19.8 Å². The monoisotopic (exact) mass is 568 g/mol. The summed E-state index contributed by atoms with van der Waals surface area (Å²) in [5.74, 6) is -1.95. The normalized spacial score (nSPS) is 16.9. The molecule has 0 radical (unpaired) electrons. The first-order valence-electron chi connectivity index (χ1n) is 14.8. The number of carboxylic acids is 2. The topological polar surface area (TPSA) is 132 Å². The number of aliphatic carboxylic acids is 2. The lowest BCUT2D eigenvalue weighted by atomic mass is 9.86. The number of aromatic amines is 2. The Labute approximate surface area is 246 Å². The van der Waals surface area contributed by atoms with Crippen LogP contribution in [0.5, 0.6) is 0 Å². The summed E-state index contributed by atoms with van der Waals surface area (Å²) >= 11 is 0. The lowest BCUT2D eigenvalue weighted by Gasteiger charge is -2.16. The fourth-order valence-electron chi connectivity index (χ4n) is 6.89. The molecule has 3 aromatic rings. The maximum atomic E-state index is 12.6. The fraction of sp³-hybridized carbons (Fsp3) is 0.412. The fourth-order valence-corrected chi connectivity index (χ4v) is 6.89. The number of allylic oxidation sites excluding steroid dienone is 1. The summed E-state index contributed by atoms with van der Waals surface area (Å²) in [6.45, 7) is 16.6. The van der Waals surface area contributed by atoms with Gasteiger partial charge in [-0.1, -0.05) is 34.6 Å². The number of fused-ring (bicyclic) bond motifs is 8. The van der Waals surface area contributed by atoms with Gasteiger partial charge in [0.25, 0.3) is 0 Å². The molecule has 0 amide bonds. The summed E-state index contributed by atoms with van der Waals surface area (Å²) in [4.78, 5) is 42.0. The summed E-state index contributed by atoms with van der Waals surface area (Å²) in [5.41, 5.74) is 11.6. The first kappa shape index (κ1) is 29.3. The van der Waals surface area contributed by atoms with Crippen LogP contribution >= 0.6 is 0 Å². The Bertz CT molecular complexity index is 1820. The molecule has 4 N–H and O–H groups in total. The van der Waals surface area contributed by atoms with E-state index in [9.17, 15) is 19.8 Å². The van der Waals surface area contributed by atoms with Gasteiger partial charge in [-0.05, 0) is 85.6 Å². The summed E-state index contributed by atoms with van der Waals surface area (Å²) in [6.07, 6.45) is 1.14. The molecule has 42 heavy (non-hydrogen) atoms. The van der Waals surface area contributed by atoms with E-state index in [-0.39, 0.29) is 35.4 Å². The minimum Gasteiger partial charge on any atom is -0.481 e. The van der Waals surface area contributed by atoms with Gasteiger partial charge in [-0.15, -0.1) is 0 Å². The second kappa shape index (κ2) is 10.9. The number of hydrogen-bond acceptors (Lipinski definition) is 4. The Morgan fingerprint density at radius 2 is 1.57 bits per heavy atom. The molecule has 8 heteroatoms. The van der Waals surface area contributed by atoms with Gasteiger partial charge < -0.3 is 20.2 Å². The molecule has 2 atom stereocenters. The molecule has 8 bridgehead atoms. The van der Waals surface area contributed by atoms with Crippen molar-refractivity contribution in [3.05, 3.63) is 68.8 Å². The van der Waals surface area contributed by atoms with E-state index >= 15 is 0 Å². The predicted octanol–water partition coefficient (Wildman–Crippen LogP) is 7.56. The van der Waals surface area contributed by atoms with E-state index in [1.165, 1.54) is 5.56 Å². The lowest BCUT2D eigenvalue weighted by Crippen LogP contribution is -2.12. The number of aromatic nitrogens is 4. The van der Waals surface area contributed by atoms with Gasteiger partial charge in [0.05, 0.1) is 29.1 Å². The van der Waals surface area contributed by atoms with Crippen molar-refractivity contribution in [3.63, 3.8) is 0 Å². The zero-order valence-electron chi connectivity index (χ0n) is 25.7. The lowest BCUT2D eigenvalue weighted by molar-refractivity contribution is -0.136. The molecule has 0 aliphatic carbocycles. The predicted molar refractivity (Wildman–Crippen MR) is 167 cm³/mol. The second-order valence-electron chi connectivity index (χ2n) is 11.9. The van der Waals surface area contributed by atoms with E-state index < -0.39 is 11.9 Å². The number of carboxylic acid groups (broad SMARTS) is 2. The highest BCUT2D eigenvalue weighted by molar-refractivity contribution is 6.24. The Hall–Kier alpha value is -4.20. The van der Waals surface area contributed by atoms with E-state index in [1.807, 2.05) is 6.07 Å². The smallest absolute Gasteiger partial charge is 0.338 e. The zero-order chi connectivity index (χ0) is 30.6. The summed E-state index contributed by atoms with van der Waals surface area (Å²) < 4.78 is 0. The number of H-pyrrole nitrogens is 2. The third-order valence-corrected chi connectivity index (χ3v) is 9.09. The van der Waals surface area contributed by atoms with Crippen molar-refractivity contribution in [1.29, 1.82) is 0 Å². The third kappa shape index (κ3) is 4.72. The molecular weight excluding hydrogens is 528 g/mol. The average molecular weight is 569 g/mol. The first-order valence-corrected chi connectivity index (χ1v) is 14.8. The van der Waals surface area contributed by atoms with Gasteiger partial charge in [-0.2, -0.15) is 0 Å². The van der Waals surface area contributed by atoms with Gasteiger partial charge in [0, 0.05) is 45.2 Å². The van der Waals surface area contributed by atoms with Crippen LogP contribution in [0.25, 0.3) is 33.2 Å². The van der Waals surface area contributed by atoms with E-state index in [0.717, 1.165) is 57.3 Å². The summed E-state index contributed by atoms with van der Waals surface area (Å²) in [6, 6.07) is 6.14. The number of hydrogen-bond donors (Lipinski definition) is 4. The van der Waals surface area contributed by atoms with Gasteiger partial charge in [0.15, 0.2) is 0 Å². The van der Waals surface area contributed by atoms with Crippen LogP contribution in [0, 0.1) is 13.8 Å². The minimum atomic E-state index is -1.13. The largest absolute Gasteiger partial charge is 0.481 e. The Morgan fingerprint density at radius 1 is 0.905 bits per heavy atom. The van der Waals surface area contributed by atoms with Crippen LogP contribution in [0.2, 0.25) is 0 Å². The summed E-state index contributed by atoms with van der Waals surface area (Å²) in [5, 5.41) is 20.3. The highest BCUT2D eigenvalue weighted by Gasteiger charge is 2.34. The number of carbonyl (C=O) groups is 2. The maximum Gasteiger partial charge on any atom is 0.338 e. The molecule has 5 heterocycles. The second-order valence-corrected chi connectivity index (χ2v) is 11.9. The molecule has 0 spiro atoms. The maximum absolute atomic E-state index is 12.6. The van der Waals surface area contributed by atoms with Crippen LogP contribution in [0.1, 0.15) is 116 Å². The molecule has 220 valence electrons. The van der Waals surface area contributed by atoms with E-state index in [4.69, 9.17) is 9.97 Å². The minimum absolute atomic E-state index is 0.0115. The third-order valence-electron chi connectivity index (χ3n) is 9.09. The molecule has 2 aliphatic rings. The number of aryl methyl sites for hydroxylation is 3. The standard InChI is InChI=1S/C34H40N4O4/c1-9-20-16(5)23-14-28-30(15(3)4)18(7)25(36-28)12-24-17(6)21(10-2)32(37-24)22(11-29(39)40)33-31(34(41)42)19(8)26(38-33)13-27(20)35-23/h12-15,17,21,35-36H,9-11H2,1-8H3,(H,39,40)(H,41,42)/t17-,21-/m0/s1. The van der Waals surface area contributed by atoms with Crippen LogP contribution in [0.4, 0.5) is 0 Å². The quantitative estimate of drug-likeness (QED) is 0.243. The van der Waals surface area contributed by atoms with Crippen molar-refractivity contribution in [1.82, 2.24) is 19.9 Å². The van der Waals surface area contributed by atoms with Crippen molar-refractivity contribution in [2.75, 3.05) is 0 Å². The van der Waals surface area contributed by atoms with Crippen LogP contribution in [-0.4, -0.2) is 42.1 Å². The van der Waals surface area contributed by atoms with Gasteiger partial charge >= 0.3 is 11.9 Å². The number of rotatable bonds is 6. The molecule has 5 rings (SSSR count).